The second kappa shape index (κ2) is 9.48. The van der Waals surface area contributed by atoms with Crippen LogP contribution in [-0.4, -0.2) is 29.5 Å². The molecule has 3 heterocycles. The maximum atomic E-state index is 5.75. The Morgan fingerprint density at radius 3 is 2.55 bits per heavy atom. The Kier molecular flexibility index (Phi) is 8.36. The van der Waals surface area contributed by atoms with Crippen molar-refractivity contribution in [3.05, 3.63) is 41.4 Å². The highest BCUT2D eigenvalue weighted by Gasteiger charge is 2.18. The van der Waals surface area contributed by atoms with Gasteiger partial charge < -0.3 is 5.73 Å². The van der Waals surface area contributed by atoms with E-state index in [1.165, 1.54) is 35.7 Å². The van der Waals surface area contributed by atoms with Crippen LogP contribution in [0.25, 0.3) is 10.6 Å². The van der Waals surface area contributed by atoms with Gasteiger partial charge in [-0.05, 0) is 62.7 Å². The quantitative estimate of drug-likeness (QED) is 0.901. The van der Waals surface area contributed by atoms with Gasteiger partial charge in [0.05, 0.1) is 10.6 Å². The van der Waals surface area contributed by atoms with Crippen LogP contribution in [-0.2, 0) is 6.54 Å². The van der Waals surface area contributed by atoms with E-state index >= 15 is 0 Å². The van der Waals surface area contributed by atoms with Crippen molar-refractivity contribution in [3.63, 3.8) is 0 Å². The molecule has 1 fully saturated rings. The number of hydrogen-bond donors (Lipinski definition) is 1. The summed E-state index contributed by atoms with van der Waals surface area (Å²) in [6, 6.07) is 10.5. The highest BCUT2D eigenvalue weighted by Crippen LogP contribution is 2.28. The summed E-state index contributed by atoms with van der Waals surface area (Å²) in [5.74, 6) is 0.735. The average molecular weight is 360 g/mol. The molecule has 0 radical (unpaired) electrons. The van der Waals surface area contributed by atoms with E-state index in [1.807, 2.05) is 29.7 Å². The summed E-state index contributed by atoms with van der Waals surface area (Å²) in [5.41, 5.74) is 6.82. The van der Waals surface area contributed by atoms with E-state index in [4.69, 9.17) is 5.73 Å². The molecular weight excluding hydrogens is 337 g/mol. The normalized spacial score (nSPS) is 15.9. The zero-order chi connectivity index (χ0) is 13.8. The number of hydrogen-bond acceptors (Lipinski definition) is 4. The van der Waals surface area contributed by atoms with Crippen LogP contribution in [0.1, 0.15) is 17.7 Å². The lowest BCUT2D eigenvalue weighted by atomic mass is 9.97. The van der Waals surface area contributed by atoms with Gasteiger partial charge in [-0.2, -0.15) is 0 Å². The van der Waals surface area contributed by atoms with Crippen molar-refractivity contribution in [1.82, 2.24) is 9.88 Å². The molecule has 122 valence electrons. The molecule has 1 aliphatic rings. The summed E-state index contributed by atoms with van der Waals surface area (Å²) in [7, 11) is 0. The van der Waals surface area contributed by atoms with Crippen LogP contribution in [0.5, 0.6) is 0 Å². The number of piperidine rings is 1. The van der Waals surface area contributed by atoms with Crippen molar-refractivity contribution in [2.75, 3.05) is 19.6 Å². The number of nitrogens with zero attached hydrogens (tertiary/aromatic N) is 2. The average Bonchev–Trinajstić information content (AvgIpc) is 2.97. The monoisotopic (exact) mass is 359 g/mol. The lowest BCUT2D eigenvalue weighted by Crippen LogP contribution is -2.35. The van der Waals surface area contributed by atoms with Crippen LogP contribution >= 0.6 is 36.2 Å². The second-order valence-corrected chi connectivity index (χ2v) is 6.60. The molecule has 1 saturated heterocycles. The van der Waals surface area contributed by atoms with Crippen LogP contribution in [0.2, 0.25) is 0 Å². The Morgan fingerprint density at radius 1 is 1.14 bits per heavy atom. The van der Waals surface area contributed by atoms with Crippen molar-refractivity contribution >= 4 is 36.2 Å². The molecule has 0 unspecified atom stereocenters. The van der Waals surface area contributed by atoms with Gasteiger partial charge in [0, 0.05) is 17.6 Å². The van der Waals surface area contributed by atoms with Gasteiger partial charge in [0.1, 0.15) is 0 Å². The molecule has 3 nitrogen and oxygen atoms in total. The summed E-state index contributed by atoms with van der Waals surface area (Å²) >= 11 is 1.86. The molecule has 0 amide bonds. The molecular formula is C16H23Cl2N3S. The topological polar surface area (TPSA) is 42.1 Å². The van der Waals surface area contributed by atoms with Gasteiger partial charge in [0.15, 0.2) is 0 Å². The Hall–Kier alpha value is -0.650. The highest BCUT2D eigenvalue weighted by molar-refractivity contribution is 7.15. The minimum atomic E-state index is 0. The lowest BCUT2D eigenvalue weighted by molar-refractivity contribution is 0.182. The molecule has 6 heteroatoms. The first-order valence-electron chi connectivity index (χ1n) is 7.27. The molecule has 1 aliphatic heterocycles. The first-order chi connectivity index (χ1) is 9.85. The molecule has 0 aromatic carbocycles. The number of nitrogens with two attached hydrogens (primary N) is 1. The van der Waals surface area contributed by atoms with E-state index in [9.17, 15) is 0 Å². The smallest absolute Gasteiger partial charge is 0.0801 e. The maximum absolute atomic E-state index is 5.75. The first kappa shape index (κ1) is 19.4. The lowest BCUT2D eigenvalue weighted by Gasteiger charge is -2.30. The summed E-state index contributed by atoms with van der Waals surface area (Å²) in [4.78, 5) is 9.64. The number of thiophene rings is 1. The number of aromatic nitrogens is 1. The third-order valence-corrected chi connectivity index (χ3v) is 5.09. The fourth-order valence-corrected chi connectivity index (χ4v) is 3.74. The van der Waals surface area contributed by atoms with Gasteiger partial charge in [-0.15, -0.1) is 36.2 Å². The van der Waals surface area contributed by atoms with Crippen molar-refractivity contribution in [3.8, 4) is 10.6 Å². The molecule has 2 aromatic heterocycles. The van der Waals surface area contributed by atoms with Gasteiger partial charge in [0.2, 0.25) is 0 Å². The summed E-state index contributed by atoms with van der Waals surface area (Å²) in [6.45, 7) is 4.27. The molecule has 0 saturated carbocycles. The third kappa shape index (κ3) is 4.93. The molecule has 2 N–H and O–H groups in total. The number of pyridine rings is 1. The van der Waals surface area contributed by atoms with Crippen LogP contribution in [0.15, 0.2) is 36.5 Å². The van der Waals surface area contributed by atoms with Crippen molar-refractivity contribution < 1.29 is 0 Å². The number of rotatable bonds is 4. The van der Waals surface area contributed by atoms with Crippen molar-refractivity contribution in [2.45, 2.75) is 19.4 Å². The van der Waals surface area contributed by atoms with Gasteiger partial charge in [-0.3, -0.25) is 9.88 Å². The van der Waals surface area contributed by atoms with Gasteiger partial charge >= 0.3 is 0 Å². The van der Waals surface area contributed by atoms with E-state index in [1.54, 1.807) is 0 Å². The Bertz CT molecular complexity index is 539. The Labute approximate surface area is 148 Å². The number of halogens is 2. The van der Waals surface area contributed by atoms with E-state index in [0.717, 1.165) is 24.7 Å². The van der Waals surface area contributed by atoms with Crippen LogP contribution in [0.4, 0.5) is 0 Å². The largest absolute Gasteiger partial charge is 0.330 e. The molecule has 3 rings (SSSR count). The minimum absolute atomic E-state index is 0. The van der Waals surface area contributed by atoms with Crippen molar-refractivity contribution in [2.24, 2.45) is 11.7 Å². The Balaban J connectivity index is 0.00000121. The fourth-order valence-electron chi connectivity index (χ4n) is 2.71. The second-order valence-electron chi connectivity index (χ2n) is 5.44. The van der Waals surface area contributed by atoms with E-state index < -0.39 is 0 Å². The summed E-state index contributed by atoms with van der Waals surface area (Å²) < 4.78 is 0. The highest BCUT2D eigenvalue weighted by atomic mass is 35.5. The van der Waals surface area contributed by atoms with Gasteiger partial charge in [-0.1, -0.05) is 6.07 Å². The van der Waals surface area contributed by atoms with E-state index in [-0.39, 0.29) is 24.8 Å². The van der Waals surface area contributed by atoms with Crippen LogP contribution < -0.4 is 5.73 Å². The predicted octanol–water partition coefficient (Wildman–Crippen LogP) is 3.82. The Morgan fingerprint density at radius 2 is 1.91 bits per heavy atom. The molecule has 22 heavy (non-hydrogen) atoms. The molecule has 0 atom stereocenters. The first-order valence-corrected chi connectivity index (χ1v) is 8.09. The molecule has 0 bridgehead atoms. The third-order valence-electron chi connectivity index (χ3n) is 4.00. The molecule has 0 spiro atoms. The summed E-state index contributed by atoms with van der Waals surface area (Å²) in [6.07, 6.45) is 4.34. The van der Waals surface area contributed by atoms with E-state index in [2.05, 4.69) is 28.1 Å². The molecule has 0 aliphatic carbocycles. The number of likely N-dealkylation sites (tertiary alicyclic amines) is 1. The van der Waals surface area contributed by atoms with Crippen LogP contribution in [0, 0.1) is 5.92 Å². The van der Waals surface area contributed by atoms with Gasteiger partial charge in [-0.25, -0.2) is 0 Å². The predicted molar refractivity (Wildman–Crippen MR) is 99.1 cm³/mol. The van der Waals surface area contributed by atoms with E-state index in [0.29, 0.717) is 0 Å². The van der Waals surface area contributed by atoms with Gasteiger partial charge in [0.25, 0.3) is 0 Å². The minimum Gasteiger partial charge on any atom is -0.330 e. The fraction of sp³-hybridized carbons (Fsp3) is 0.438. The zero-order valence-corrected chi connectivity index (χ0v) is 14.9. The SMILES string of the molecule is Cl.Cl.NCC1CCN(Cc2ccc(-c3ccccn3)s2)CC1. The van der Waals surface area contributed by atoms with Crippen molar-refractivity contribution in [1.29, 1.82) is 0 Å². The zero-order valence-electron chi connectivity index (χ0n) is 12.5. The molecule has 2 aromatic rings. The maximum Gasteiger partial charge on any atom is 0.0801 e. The standard InChI is InChI=1S/C16H21N3S.2ClH/c17-11-13-6-9-19(10-7-13)12-14-4-5-16(20-14)15-3-1-2-8-18-15;;/h1-5,8,13H,6-7,9-12,17H2;2*1H. The van der Waals surface area contributed by atoms with Crippen LogP contribution in [0.3, 0.4) is 0 Å². The summed E-state index contributed by atoms with van der Waals surface area (Å²) in [5, 5.41) is 0.